The van der Waals surface area contributed by atoms with Crippen molar-refractivity contribution >= 4 is 33.3 Å². The third kappa shape index (κ3) is 2.97. The second-order valence-corrected chi connectivity index (χ2v) is 6.78. The summed E-state index contributed by atoms with van der Waals surface area (Å²) >= 11 is 1.65. The van der Waals surface area contributed by atoms with Gasteiger partial charge in [0.1, 0.15) is 5.69 Å². The molecule has 1 unspecified atom stereocenters. The Bertz CT molecular complexity index is 849. The summed E-state index contributed by atoms with van der Waals surface area (Å²) in [4.78, 5) is 23.6. The van der Waals surface area contributed by atoms with Gasteiger partial charge in [-0.2, -0.15) is 0 Å². The number of aromatic nitrogens is 2. The van der Waals surface area contributed by atoms with Crippen LogP contribution >= 0.6 is 11.3 Å². The Labute approximate surface area is 144 Å². The van der Waals surface area contributed by atoms with E-state index in [1.807, 2.05) is 41.9 Å². The van der Waals surface area contributed by atoms with Gasteiger partial charge in [-0.05, 0) is 25.0 Å². The van der Waals surface area contributed by atoms with Crippen LogP contribution in [0.4, 0.5) is 5.13 Å². The van der Waals surface area contributed by atoms with Crippen LogP contribution in [0.1, 0.15) is 23.3 Å². The van der Waals surface area contributed by atoms with Gasteiger partial charge in [-0.3, -0.25) is 4.79 Å². The monoisotopic (exact) mass is 338 g/mol. The fraction of sp³-hybridized carbons (Fsp3) is 0.278. The number of para-hydroxylation sites is 1. The lowest BCUT2D eigenvalue weighted by molar-refractivity contribution is 0.0946. The Balaban J connectivity index is 1.43. The minimum absolute atomic E-state index is 0.119. The Morgan fingerprint density at radius 2 is 2.21 bits per heavy atom. The predicted octanol–water partition coefficient (Wildman–Crippen LogP) is 3.09. The molecule has 3 heterocycles. The number of nitrogens with zero attached hydrogens (tertiary/aromatic N) is 3. The Hall–Kier alpha value is -2.47. The highest BCUT2D eigenvalue weighted by Gasteiger charge is 2.26. The fourth-order valence-corrected chi connectivity index (χ4v) is 3.89. The number of carbonyl (C=O) groups excluding carboxylic acids is 1. The van der Waals surface area contributed by atoms with Gasteiger partial charge in [-0.25, -0.2) is 9.97 Å². The van der Waals surface area contributed by atoms with Gasteiger partial charge in [0.05, 0.1) is 5.52 Å². The molecule has 24 heavy (non-hydrogen) atoms. The van der Waals surface area contributed by atoms with Crippen LogP contribution in [-0.2, 0) is 0 Å². The molecule has 6 heteroatoms. The third-order valence-electron chi connectivity index (χ3n) is 4.37. The molecule has 0 spiro atoms. The van der Waals surface area contributed by atoms with Gasteiger partial charge < -0.3 is 10.2 Å². The number of pyridine rings is 1. The molecular weight excluding hydrogens is 320 g/mol. The number of carbonyl (C=O) groups is 1. The van der Waals surface area contributed by atoms with E-state index in [9.17, 15) is 4.79 Å². The minimum Gasteiger partial charge on any atom is -0.349 e. The van der Waals surface area contributed by atoms with Gasteiger partial charge in [0.15, 0.2) is 5.13 Å². The molecule has 2 aromatic heterocycles. The first kappa shape index (κ1) is 15.1. The first-order valence-electron chi connectivity index (χ1n) is 8.11. The summed E-state index contributed by atoms with van der Waals surface area (Å²) in [5.74, 6) is -0.119. The molecule has 1 aliphatic heterocycles. The molecule has 1 amide bonds. The van der Waals surface area contributed by atoms with Crippen LogP contribution in [0.5, 0.6) is 0 Å². The predicted molar refractivity (Wildman–Crippen MR) is 96.6 cm³/mol. The van der Waals surface area contributed by atoms with E-state index < -0.39 is 0 Å². The van der Waals surface area contributed by atoms with Gasteiger partial charge in [0.25, 0.3) is 5.91 Å². The van der Waals surface area contributed by atoms with Gasteiger partial charge in [0.2, 0.25) is 0 Å². The van der Waals surface area contributed by atoms with Crippen LogP contribution in [0.2, 0.25) is 0 Å². The highest BCUT2D eigenvalue weighted by atomic mass is 32.1. The molecule has 1 aromatic carbocycles. The summed E-state index contributed by atoms with van der Waals surface area (Å²) in [5.41, 5.74) is 1.31. The molecule has 122 valence electrons. The minimum atomic E-state index is -0.119. The van der Waals surface area contributed by atoms with Gasteiger partial charge >= 0.3 is 0 Å². The van der Waals surface area contributed by atoms with Crippen molar-refractivity contribution in [3.8, 4) is 0 Å². The molecule has 1 fully saturated rings. The second-order valence-electron chi connectivity index (χ2n) is 5.90. The number of rotatable bonds is 4. The number of hydrogen-bond donors (Lipinski definition) is 1. The first-order valence-corrected chi connectivity index (χ1v) is 8.99. The highest BCUT2D eigenvalue weighted by Crippen LogP contribution is 2.26. The maximum atomic E-state index is 12.4. The summed E-state index contributed by atoms with van der Waals surface area (Å²) < 4.78 is 0. The van der Waals surface area contributed by atoms with E-state index in [-0.39, 0.29) is 5.91 Å². The van der Waals surface area contributed by atoms with Crippen molar-refractivity contribution in [1.82, 2.24) is 15.3 Å². The maximum Gasteiger partial charge on any atom is 0.269 e. The summed E-state index contributed by atoms with van der Waals surface area (Å²) in [6, 6.07) is 11.8. The van der Waals surface area contributed by atoms with E-state index in [0.29, 0.717) is 18.3 Å². The lowest BCUT2D eigenvalue weighted by Crippen LogP contribution is -2.40. The summed E-state index contributed by atoms with van der Waals surface area (Å²) in [6.07, 6.45) is 4.03. The van der Waals surface area contributed by atoms with Crippen LogP contribution in [0, 0.1) is 0 Å². The molecule has 0 aliphatic carbocycles. The van der Waals surface area contributed by atoms with Gasteiger partial charge in [0, 0.05) is 36.1 Å². The lowest BCUT2D eigenvalue weighted by atomic mass is 10.2. The second kappa shape index (κ2) is 6.57. The number of nitrogens with one attached hydrogen (secondary N) is 1. The van der Waals surface area contributed by atoms with Crippen LogP contribution < -0.4 is 10.2 Å². The van der Waals surface area contributed by atoms with Gasteiger partial charge in [-0.1, -0.05) is 24.3 Å². The molecule has 1 aliphatic rings. The number of fused-ring (bicyclic) bond motifs is 1. The average molecular weight is 338 g/mol. The van der Waals surface area contributed by atoms with Crippen molar-refractivity contribution in [2.45, 2.75) is 18.9 Å². The number of benzene rings is 1. The van der Waals surface area contributed by atoms with Crippen molar-refractivity contribution in [3.05, 3.63) is 53.7 Å². The third-order valence-corrected chi connectivity index (χ3v) is 5.18. The Morgan fingerprint density at radius 1 is 1.29 bits per heavy atom. The number of thiazole rings is 1. The first-order chi connectivity index (χ1) is 11.8. The molecule has 0 bridgehead atoms. The lowest BCUT2D eigenvalue weighted by Gasteiger charge is -2.24. The van der Waals surface area contributed by atoms with Crippen molar-refractivity contribution < 1.29 is 4.79 Å². The zero-order chi connectivity index (χ0) is 16.4. The zero-order valence-corrected chi connectivity index (χ0v) is 14.0. The molecule has 5 nitrogen and oxygen atoms in total. The number of hydrogen-bond acceptors (Lipinski definition) is 5. The quantitative estimate of drug-likeness (QED) is 0.794. The van der Waals surface area contributed by atoms with Crippen molar-refractivity contribution in [1.29, 1.82) is 0 Å². The molecule has 1 N–H and O–H groups in total. The molecule has 0 saturated carbocycles. The molecular formula is C18H18N4OS. The summed E-state index contributed by atoms with van der Waals surface area (Å²) in [6.45, 7) is 1.62. The zero-order valence-electron chi connectivity index (χ0n) is 13.2. The topological polar surface area (TPSA) is 58.1 Å². The number of anilines is 1. The van der Waals surface area contributed by atoms with Crippen LogP contribution in [0.3, 0.4) is 0 Å². The Morgan fingerprint density at radius 3 is 3.08 bits per heavy atom. The largest absolute Gasteiger partial charge is 0.349 e. The summed E-state index contributed by atoms with van der Waals surface area (Å²) in [5, 5.41) is 7.10. The average Bonchev–Trinajstić information content (AvgIpc) is 3.30. The summed E-state index contributed by atoms with van der Waals surface area (Å²) in [7, 11) is 0. The van der Waals surface area contributed by atoms with E-state index in [1.165, 1.54) is 0 Å². The van der Waals surface area contributed by atoms with Crippen molar-refractivity contribution in [3.63, 3.8) is 0 Å². The molecule has 0 radical (unpaired) electrons. The molecule has 3 aromatic rings. The SMILES string of the molecule is O=C(NCC1CCCN1c1nccs1)c1ccc2ccccc2n1. The molecule has 4 rings (SSSR count). The maximum absolute atomic E-state index is 12.4. The van der Waals surface area contributed by atoms with E-state index >= 15 is 0 Å². The van der Waals surface area contributed by atoms with Crippen LogP contribution in [0.15, 0.2) is 48.0 Å². The van der Waals surface area contributed by atoms with Gasteiger partial charge in [-0.15, -0.1) is 11.3 Å². The Kier molecular flexibility index (Phi) is 4.13. The molecule has 1 atom stereocenters. The smallest absolute Gasteiger partial charge is 0.269 e. The van der Waals surface area contributed by atoms with E-state index in [0.717, 1.165) is 35.4 Å². The molecule has 1 saturated heterocycles. The highest BCUT2D eigenvalue weighted by molar-refractivity contribution is 7.13. The van der Waals surface area contributed by atoms with Crippen molar-refractivity contribution in [2.24, 2.45) is 0 Å². The number of amides is 1. The van der Waals surface area contributed by atoms with E-state index in [1.54, 1.807) is 17.4 Å². The van der Waals surface area contributed by atoms with Crippen LogP contribution in [-0.4, -0.2) is 35.0 Å². The van der Waals surface area contributed by atoms with Crippen LogP contribution in [0.25, 0.3) is 10.9 Å². The normalized spacial score (nSPS) is 17.3. The standard InChI is InChI=1S/C18H18N4OS/c23-17(16-8-7-13-4-1-2-6-15(13)21-16)20-12-14-5-3-10-22(14)18-19-9-11-24-18/h1-2,4,6-9,11,14H,3,5,10,12H2,(H,20,23). The van der Waals surface area contributed by atoms with E-state index in [4.69, 9.17) is 0 Å². The fourth-order valence-electron chi connectivity index (χ4n) is 3.15. The van der Waals surface area contributed by atoms with E-state index in [2.05, 4.69) is 20.2 Å². The van der Waals surface area contributed by atoms with Crippen molar-refractivity contribution in [2.75, 3.05) is 18.0 Å².